The molecule has 0 aromatic heterocycles. The average molecular weight is 300 g/mol. The Balaban J connectivity index is 3.10. The average Bonchev–Trinajstić information content (AvgIpc) is 2.36. The first-order chi connectivity index (χ1) is 8.67. The Morgan fingerprint density at radius 2 is 1.68 bits per heavy atom. The van der Waals surface area contributed by atoms with Crippen LogP contribution in [0.3, 0.4) is 0 Å². The Bertz CT molecular complexity index is 551. The highest BCUT2D eigenvalue weighted by molar-refractivity contribution is 7.89. The van der Waals surface area contributed by atoms with Gasteiger partial charge in [0.2, 0.25) is 10.0 Å². The van der Waals surface area contributed by atoms with Crippen molar-refractivity contribution < 1.29 is 8.42 Å². The quantitative estimate of drug-likeness (QED) is 0.845. The first kappa shape index (κ1) is 16.1. The molecular weight excluding hydrogens is 280 g/mol. The van der Waals surface area contributed by atoms with Gasteiger partial charge in [0.05, 0.1) is 4.90 Å². The van der Waals surface area contributed by atoms with Gasteiger partial charge < -0.3 is 5.73 Å². The summed E-state index contributed by atoms with van der Waals surface area (Å²) in [6.07, 6.45) is 0. The summed E-state index contributed by atoms with van der Waals surface area (Å²) < 4.78 is 26.2. The summed E-state index contributed by atoms with van der Waals surface area (Å²) in [5, 5.41) is 0. The van der Waals surface area contributed by atoms with Gasteiger partial charge in [0, 0.05) is 18.7 Å². The first-order valence-corrected chi connectivity index (χ1v) is 7.90. The maximum atomic E-state index is 12.4. The number of rotatable bonds is 5. The summed E-state index contributed by atoms with van der Waals surface area (Å²) in [5.41, 5.74) is 6.15. The smallest absolute Gasteiger partial charge is 0.243 e. The molecule has 106 valence electrons. The molecule has 19 heavy (non-hydrogen) atoms. The van der Waals surface area contributed by atoms with Crippen LogP contribution < -0.4 is 5.73 Å². The lowest BCUT2D eigenvalue weighted by Crippen LogP contribution is -2.38. The maximum absolute atomic E-state index is 12.4. The molecule has 0 aliphatic rings. The van der Waals surface area contributed by atoms with Gasteiger partial charge in [0.25, 0.3) is 0 Å². The normalized spacial score (nSPS) is 13.8. The monoisotopic (exact) mass is 300 g/mol. The van der Waals surface area contributed by atoms with Crippen molar-refractivity contribution in [3.05, 3.63) is 29.8 Å². The molecule has 1 aromatic carbocycles. The highest BCUT2D eigenvalue weighted by Crippen LogP contribution is 2.20. The SMILES string of the molecule is CC(C)C(C)N(C)S(=O)(=O)c1ccc(C(N)=S)cc1. The number of nitrogens with zero attached hydrogens (tertiary/aromatic N) is 1. The third kappa shape index (κ3) is 3.52. The van der Waals surface area contributed by atoms with E-state index in [0.29, 0.717) is 5.56 Å². The molecule has 6 heteroatoms. The number of hydrogen-bond donors (Lipinski definition) is 1. The molecule has 0 bridgehead atoms. The summed E-state index contributed by atoms with van der Waals surface area (Å²) >= 11 is 4.84. The highest BCUT2D eigenvalue weighted by atomic mass is 32.2. The summed E-state index contributed by atoms with van der Waals surface area (Å²) in [7, 11) is -1.88. The molecule has 0 radical (unpaired) electrons. The van der Waals surface area contributed by atoms with E-state index in [2.05, 4.69) is 0 Å². The fourth-order valence-electron chi connectivity index (χ4n) is 1.60. The van der Waals surface area contributed by atoms with Crippen molar-refractivity contribution in [3.8, 4) is 0 Å². The highest BCUT2D eigenvalue weighted by Gasteiger charge is 2.26. The lowest BCUT2D eigenvalue weighted by Gasteiger charge is -2.27. The third-order valence-corrected chi connectivity index (χ3v) is 5.55. The largest absolute Gasteiger partial charge is 0.389 e. The van der Waals surface area contributed by atoms with E-state index in [0.717, 1.165) is 0 Å². The Kier molecular flexibility index (Phi) is 5.06. The minimum Gasteiger partial charge on any atom is -0.389 e. The van der Waals surface area contributed by atoms with Gasteiger partial charge >= 0.3 is 0 Å². The van der Waals surface area contributed by atoms with E-state index in [1.54, 1.807) is 19.2 Å². The van der Waals surface area contributed by atoms with Crippen molar-refractivity contribution >= 4 is 27.2 Å². The molecule has 0 aliphatic carbocycles. The van der Waals surface area contributed by atoms with Gasteiger partial charge in [0.15, 0.2) is 0 Å². The summed E-state index contributed by atoms with van der Waals surface area (Å²) in [4.78, 5) is 0.510. The van der Waals surface area contributed by atoms with Crippen LogP contribution in [0.25, 0.3) is 0 Å². The van der Waals surface area contributed by atoms with Crippen LogP contribution in [-0.4, -0.2) is 30.8 Å². The first-order valence-electron chi connectivity index (χ1n) is 6.05. The number of hydrogen-bond acceptors (Lipinski definition) is 3. The van der Waals surface area contributed by atoms with Crippen molar-refractivity contribution in [1.29, 1.82) is 0 Å². The van der Waals surface area contributed by atoms with Gasteiger partial charge in [-0.2, -0.15) is 4.31 Å². The zero-order valence-corrected chi connectivity index (χ0v) is 13.3. The molecule has 0 aliphatic heterocycles. The van der Waals surface area contributed by atoms with Crippen LogP contribution in [0.2, 0.25) is 0 Å². The maximum Gasteiger partial charge on any atom is 0.243 e. The third-order valence-electron chi connectivity index (χ3n) is 3.35. The molecule has 0 saturated heterocycles. The number of benzene rings is 1. The van der Waals surface area contributed by atoms with Crippen molar-refractivity contribution in [3.63, 3.8) is 0 Å². The molecule has 1 aromatic rings. The molecule has 0 amide bonds. The van der Waals surface area contributed by atoms with Crippen molar-refractivity contribution in [2.75, 3.05) is 7.05 Å². The molecule has 4 nitrogen and oxygen atoms in total. The number of nitrogens with two attached hydrogens (primary N) is 1. The predicted octanol–water partition coefficient (Wildman–Crippen LogP) is 1.99. The molecule has 0 spiro atoms. The fraction of sp³-hybridized carbons (Fsp3) is 0.462. The van der Waals surface area contributed by atoms with E-state index < -0.39 is 10.0 Å². The summed E-state index contributed by atoms with van der Waals surface area (Å²) in [6.45, 7) is 5.88. The minimum atomic E-state index is -3.48. The Hall–Kier alpha value is -0.980. The minimum absolute atomic E-state index is 0.0692. The van der Waals surface area contributed by atoms with Crippen LogP contribution in [0, 0.1) is 5.92 Å². The van der Waals surface area contributed by atoms with Crippen LogP contribution in [0.5, 0.6) is 0 Å². The zero-order chi connectivity index (χ0) is 14.8. The van der Waals surface area contributed by atoms with Crippen molar-refractivity contribution in [2.45, 2.75) is 31.7 Å². The van der Waals surface area contributed by atoms with Gasteiger partial charge in [-0.25, -0.2) is 8.42 Å². The van der Waals surface area contributed by atoms with E-state index in [4.69, 9.17) is 18.0 Å². The topological polar surface area (TPSA) is 63.4 Å². The van der Waals surface area contributed by atoms with E-state index in [1.165, 1.54) is 16.4 Å². The summed E-state index contributed by atoms with van der Waals surface area (Å²) in [5.74, 6) is 0.246. The van der Waals surface area contributed by atoms with Crippen LogP contribution in [0.1, 0.15) is 26.3 Å². The Morgan fingerprint density at radius 1 is 1.21 bits per heavy atom. The van der Waals surface area contributed by atoms with Crippen LogP contribution >= 0.6 is 12.2 Å². The van der Waals surface area contributed by atoms with Gasteiger partial charge in [0.1, 0.15) is 4.99 Å². The standard InChI is InChI=1S/C13H20N2O2S2/c1-9(2)10(3)15(4)19(16,17)12-7-5-11(6-8-12)13(14)18/h5-10H,1-4H3,(H2,14,18). The number of sulfonamides is 1. The second-order valence-corrected chi connectivity index (χ2v) is 7.33. The van der Waals surface area contributed by atoms with E-state index in [-0.39, 0.29) is 21.8 Å². The van der Waals surface area contributed by atoms with E-state index in [9.17, 15) is 8.42 Å². The predicted molar refractivity (Wildman–Crippen MR) is 81.6 cm³/mol. The number of thiocarbonyl (C=S) groups is 1. The molecule has 0 saturated carbocycles. The molecule has 1 unspecified atom stereocenters. The second-order valence-electron chi connectivity index (χ2n) is 4.89. The van der Waals surface area contributed by atoms with Gasteiger partial charge in [-0.3, -0.25) is 0 Å². The molecular formula is C13H20N2O2S2. The van der Waals surface area contributed by atoms with Crippen LogP contribution in [0.15, 0.2) is 29.2 Å². The Labute approximate surface area is 120 Å². The molecule has 0 heterocycles. The second kappa shape index (κ2) is 5.98. The van der Waals surface area contributed by atoms with Gasteiger partial charge in [-0.15, -0.1) is 0 Å². The fourth-order valence-corrected chi connectivity index (χ4v) is 3.23. The lowest BCUT2D eigenvalue weighted by molar-refractivity contribution is 0.316. The molecule has 1 atom stereocenters. The van der Waals surface area contributed by atoms with E-state index >= 15 is 0 Å². The molecule has 2 N–H and O–H groups in total. The van der Waals surface area contributed by atoms with Crippen LogP contribution in [0.4, 0.5) is 0 Å². The molecule has 1 rings (SSSR count). The van der Waals surface area contributed by atoms with Crippen molar-refractivity contribution in [1.82, 2.24) is 4.31 Å². The van der Waals surface area contributed by atoms with Crippen molar-refractivity contribution in [2.24, 2.45) is 11.7 Å². The lowest BCUT2D eigenvalue weighted by atomic mass is 10.1. The van der Waals surface area contributed by atoms with E-state index in [1.807, 2.05) is 20.8 Å². The molecule has 0 fully saturated rings. The van der Waals surface area contributed by atoms with Crippen LogP contribution in [-0.2, 0) is 10.0 Å². The van der Waals surface area contributed by atoms with Gasteiger partial charge in [-0.1, -0.05) is 38.2 Å². The Morgan fingerprint density at radius 3 is 2.05 bits per heavy atom. The van der Waals surface area contributed by atoms with Gasteiger partial charge in [-0.05, 0) is 25.0 Å². The zero-order valence-electron chi connectivity index (χ0n) is 11.6. The summed E-state index contributed by atoms with van der Waals surface area (Å²) in [6, 6.07) is 6.26.